The first-order valence-electron chi connectivity index (χ1n) is 8.37. The van der Waals surface area contributed by atoms with E-state index in [0.717, 1.165) is 5.56 Å². The summed E-state index contributed by atoms with van der Waals surface area (Å²) in [7, 11) is -3.27. The molecule has 8 nitrogen and oxygen atoms in total. The van der Waals surface area contributed by atoms with Crippen LogP contribution in [0.2, 0.25) is 0 Å². The number of benzene rings is 2. The van der Waals surface area contributed by atoms with Gasteiger partial charge in [-0.05, 0) is 54.3 Å². The highest BCUT2D eigenvalue weighted by molar-refractivity contribution is 8.01. The molecule has 1 heterocycles. The predicted molar refractivity (Wildman–Crippen MR) is 112 cm³/mol. The first-order valence-corrected chi connectivity index (χ1v) is 10.1. The summed E-state index contributed by atoms with van der Waals surface area (Å²) in [6.45, 7) is 1.73. The van der Waals surface area contributed by atoms with Gasteiger partial charge in [-0.25, -0.2) is 9.00 Å². The molecule has 0 radical (unpaired) electrons. The molecular weight excluding hydrogens is 394 g/mol. The fourth-order valence-corrected chi connectivity index (χ4v) is 4.08. The van der Waals surface area contributed by atoms with Gasteiger partial charge in [-0.15, -0.1) is 0 Å². The first-order chi connectivity index (χ1) is 13.7. The van der Waals surface area contributed by atoms with E-state index in [-0.39, 0.29) is 21.8 Å². The van der Waals surface area contributed by atoms with Crippen LogP contribution in [0, 0.1) is 17.0 Å². The zero-order chi connectivity index (χ0) is 21.2. The normalized spacial score (nSPS) is 12.7. The fraction of sp³-hybridized carbons (Fsp3) is 0.0500. The van der Waals surface area contributed by atoms with Crippen molar-refractivity contribution in [2.24, 2.45) is 0 Å². The number of aromatic carboxylic acids is 1. The van der Waals surface area contributed by atoms with E-state index in [9.17, 15) is 19.1 Å². The van der Waals surface area contributed by atoms with Crippen LogP contribution in [0.15, 0.2) is 65.8 Å². The van der Waals surface area contributed by atoms with Gasteiger partial charge in [0.2, 0.25) is 0 Å². The molecule has 0 aliphatic heterocycles. The van der Waals surface area contributed by atoms with E-state index < -0.39 is 20.6 Å². The van der Waals surface area contributed by atoms with Crippen LogP contribution in [0.1, 0.15) is 15.9 Å². The van der Waals surface area contributed by atoms with Crippen molar-refractivity contribution in [3.8, 4) is 11.1 Å². The van der Waals surface area contributed by atoms with Crippen molar-refractivity contribution in [2.45, 2.75) is 11.8 Å². The van der Waals surface area contributed by atoms with Crippen molar-refractivity contribution in [3.63, 3.8) is 0 Å². The molecule has 0 saturated heterocycles. The van der Waals surface area contributed by atoms with Crippen molar-refractivity contribution in [1.29, 1.82) is 0 Å². The van der Waals surface area contributed by atoms with Crippen molar-refractivity contribution in [2.75, 3.05) is 4.72 Å². The zero-order valence-electron chi connectivity index (χ0n) is 15.4. The Kier molecular flexibility index (Phi) is 5.33. The summed E-state index contributed by atoms with van der Waals surface area (Å²) in [5, 5.41) is 20.7. The molecule has 0 spiro atoms. The van der Waals surface area contributed by atoms with Crippen LogP contribution >= 0.6 is 0 Å². The Hall–Kier alpha value is -3.72. The lowest BCUT2D eigenvalue weighted by Crippen LogP contribution is -2.15. The Morgan fingerprint density at radius 3 is 2.62 bits per heavy atom. The van der Waals surface area contributed by atoms with Crippen molar-refractivity contribution in [3.05, 3.63) is 82.2 Å². The van der Waals surface area contributed by atoms with E-state index >= 15 is 0 Å². The molecule has 1 atom stereocenters. The maximum absolute atomic E-state index is 13.2. The van der Waals surface area contributed by atoms with Crippen LogP contribution in [-0.2, 0) is 9.71 Å². The minimum atomic E-state index is -3.27. The monoisotopic (exact) mass is 411 g/mol. The van der Waals surface area contributed by atoms with E-state index in [1.165, 1.54) is 36.4 Å². The van der Waals surface area contributed by atoms with Crippen LogP contribution < -0.4 is 4.72 Å². The quantitative estimate of drug-likeness (QED) is 0.362. The molecule has 148 valence electrons. The lowest BCUT2D eigenvalue weighted by Gasteiger charge is -2.16. The summed E-state index contributed by atoms with van der Waals surface area (Å²) in [5.41, 5.74) is 1.77. The number of carbonyl (C=O) groups is 1. The van der Waals surface area contributed by atoms with Gasteiger partial charge in [0.25, 0.3) is 5.69 Å². The maximum Gasteiger partial charge on any atom is 0.335 e. The lowest BCUT2D eigenvalue weighted by atomic mass is 10.0. The summed E-state index contributed by atoms with van der Waals surface area (Å²) in [4.78, 5) is 26.3. The molecule has 9 heteroatoms. The molecule has 3 aromatic rings. The van der Waals surface area contributed by atoms with Crippen molar-refractivity contribution in [1.82, 2.24) is 4.98 Å². The highest BCUT2D eigenvalue weighted by atomic mass is 32.2. The Morgan fingerprint density at radius 2 is 2.00 bits per heavy atom. The average Bonchev–Trinajstić information content (AvgIpc) is 2.69. The first kappa shape index (κ1) is 20.0. The molecule has 2 N–H and O–H groups in total. The molecule has 0 fully saturated rings. The van der Waals surface area contributed by atoms with E-state index in [2.05, 4.69) is 15.6 Å². The molecule has 0 aliphatic rings. The van der Waals surface area contributed by atoms with E-state index in [4.69, 9.17) is 5.11 Å². The predicted octanol–water partition coefficient (Wildman–Crippen LogP) is 3.77. The van der Waals surface area contributed by atoms with Crippen LogP contribution in [0.5, 0.6) is 0 Å². The van der Waals surface area contributed by atoms with Crippen LogP contribution in [0.25, 0.3) is 11.1 Å². The van der Waals surface area contributed by atoms with Crippen molar-refractivity contribution < 1.29 is 19.0 Å². The molecule has 0 saturated carbocycles. The number of hydrogen-bond donors (Lipinski definition) is 2. The number of nitrogens with zero attached hydrogens (tertiary/aromatic N) is 2. The second-order valence-electron chi connectivity index (χ2n) is 6.29. The standard InChI is InChI=1S/C20H17N3O5S/c1-13-9-19(23(26)27)18(11-17(13)15-6-4-8-21-12-15)22-29(2,28)16-7-3-5-14(10-16)20(24)25/h3-12H,2H2,1H3,(H,22,28)(H,24,25). The topological polar surface area (TPSA) is 122 Å². The molecule has 1 unspecified atom stereocenters. The molecule has 0 bridgehead atoms. The molecule has 3 rings (SSSR count). The number of rotatable bonds is 6. The molecule has 0 aliphatic carbocycles. The summed E-state index contributed by atoms with van der Waals surface area (Å²) < 4.78 is 15.8. The number of pyridine rings is 1. The number of nitrogens with one attached hydrogen (secondary N) is 1. The number of hydrogen-bond acceptors (Lipinski definition) is 5. The number of carboxylic acid groups (broad SMARTS) is 1. The number of nitro groups is 1. The molecular formula is C20H17N3O5S. The van der Waals surface area contributed by atoms with E-state index in [1.807, 2.05) is 6.07 Å². The second kappa shape index (κ2) is 7.72. The van der Waals surface area contributed by atoms with Gasteiger partial charge >= 0.3 is 5.97 Å². The molecule has 0 amide bonds. The summed E-state index contributed by atoms with van der Waals surface area (Å²) in [5.74, 6) is 2.47. The number of anilines is 1. The smallest absolute Gasteiger partial charge is 0.335 e. The van der Waals surface area contributed by atoms with Gasteiger partial charge in [-0.3, -0.25) is 15.1 Å². The summed E-state index contributed by atoms with van der Waals surface area (Å²) in [6, 6.07) is 11.9. The van der Waals surface area contributed by atoms with Gasteiger partial charge in [0.15, 0.2) is 0 Å². The minimum Gasteiger partial charge on any atom is -0.478 e. The van der Waals surface area contributed by atoms with Gasteiger partial charge in [0, 0.05) is 24.0 Å². The average molecular weight is 411 g/mol. The highest BCUT2D eigenvalue weighted by Gasteiger charge is 2.21. The summed E-state index contributed by atoms with van der Waals surface area (Å²) in [6.07, 6.45) is 3.23. The Labute approximate surface area is 167 Å². The Balaban J connectivity index is 2.11. The highest BCUT2D eigenvalue weighted by Crippen LogP contribution is 2.34. The number of aryl methyl sites for hydroxylation is 1. The zero-order valence-corrected chi connectivity index (χ0v) is 16.2. The van der Waals surface area contributed by atoms with Gasteiger partial charge < -0.3 is 9.83 Å². The molecule has 1 aromatic heterocycles. The molecule has 2 aromatic carbocycles. The van der Waals surface area contributed by atoms with E-state index in [1.54, 1.807) is 25.4 Å². The van der Waals surface area contributed by atoms with Gasteiger partial charge in [0.05, 0.1) is 25.1 Å². The minimum absolute atomic E-state index is 0.0141. The Morgan fingerprint density at radius 1 is 1.24 bits per heavy atom. The Bertz CT molecular complexity index is 1210. The van der Waals surface area contributed by atoms with Crippen LogP contribution in [0.4, 0.5) is 11.4 Å². The second-order valence-corrected chi connectivity index (χ2v) is 8.32. The summed E-state index contributed by atoms with van der Waals surface area (Å²) >= 11 is 0. The number of nitro benzene ring substituents is 1. The largest absolute Gasteiger partial charge is 0.478 e. The van der Waals surface area contributed by atoms with Crippen LogP contribution in [-0.4, -0.2) is 31.1 Å². The fourth-order valence-electron chi connectivity index (χ4n) is 2.83. The lowest BCUT2D eigenvalue weighted by molar-refractivity contribution is -0.383. The third kappa shape index (κ3) is 4.25. The third-order valence-electron chi connectivity index (χ3n) is 4.25. The number of carboxylic acids is 1. The SMILES string of the molecule is C=S(=O)(Nc1cc(-c2cccnc2)c(C)cc1[N+](=O)[O-])c1cccc(C(=O)O)c1. The maximum atomic E-state index is 13.2. The van der Waals surface area contributed by atoms with E-state index in [0.29, 0.717) is 11.1 Å². The third-order valence-corrected chi connectivity index (χ3v) is 5.81. The van der Waals surface area contributed by atoms with Crippen LogP contribution in [0.3, 0.4) is 0 Å². The number of aromatic nitrogens is 1. The van der Waals surface area contributed by atoms with Gasteiger partial charge in [-0.2, -0.15) is 0 Å². The van der Waals surface area contributed by atoms with Gasteiger partial charge in [0.1, 0.15) is 5.69 Å². The van der Waals surface area contributed by atoms with Crippen molar-refractivity contribution >= 4 is 32.9 Å². The van der Waals surface area contributed by atoms with Gasteiger partial charge in [-0.1, -0.05) is 12.1 Å². The molecule has 29 heavy (non-hydrogen) atoms.